The molecule has 0 fully saturated rings. The highest BCUT2D eigenvalue weighted by atomic mass is 19.1. The lowest BCUT2D eigenvalue weighted by molar-refractivity contribution is 0.307. The molecule has 3 rings (SSSR count). The van der Waals surface area contributed by atoms with Crippen LogP contribution in [0.25, 0.3) is 11.5 Å². The van der Waals surface area contributed by atoms with Crippen LogP contribution in [0.5, 0.6) is 5.75 Å². The van der Waals surface area contributed by atoms with E-state index in [9.17, 15) is 4.39 Å². The number of H-pyrrole nitrogens is 1. The van der Waals surface area contributed by atoms with Gasteiger partial charge in [0.15, 0.2) is 5.76 Å². The molecular formula is C18H20FN3O2. The Morgan fingerprint density at radius 3 is 2.79 bits per heavy atom. The molecule has 126 valence electrons. The number of nitrogens with one attached hydrogen (secondary N) is 2. The number of aryl methyl sites for hydroxylation is 1. The van der Waals surface area contributed by atoms with Crippen LogP contribution in [0.3, 0.4) is 0 Å². The number of aromatic amines is 1. The summed E-state index contributed by atoms with van der Waals surface area (Å²) in [5.74, 6) is 2.09. The summed E-state index contributed by atoms with van der Waals surface area (Å²) in [5.41, 5.74) is 1.96. The predicted molar refractivity (Wildman–Crippen MR) is 89.2 cm³/mol. The first-order valence-corrected chi connectivity index (χ1v) is 7.90. The predicted octanol–water partition coefficient (Wildman–Crippen LogP) is 3.68. The molecule has 0 radical (unpaired) electrons. The molecule has 3 aromatic rings. The van der Waals surface area contributed by atoms with Gasteiger partial charge in [-0.3, -0.25) is 5.10 Å². The van der Waals surface area contributed by atoms with E-state index in [1.807, 2.05) is 19.1 Å². The first kappa shape index (κ1) is 16.3. The number of furan rings is 1. The van der Waals surface area contributed by atoms with Gasteiger partial charge in [-0.2, -0.15) is 5.10 Å². The van der Waals surface area contributed by atoms with E-state index in [-0.39, 0.29) is 5.82 Å². The second kappa shape index (κ2) is 7.79. The SMILES string of the molecule is Cc1ccc(-c2[nH]ncc2CNCCCOc2ccc(F)cc2)o1. The lowest BCUT2D eigenvalue weighted by Gasteiger charge is -2.07. The molecule has 0 saturated carbocycles. The van der Waals surface area contributed by atoms with Crippen LogP contribution < -0.4 is 10.1 Å². The van der Waals surface area contributed by atoms with Crippen molar-refractivity contribution in [1.82, 2.24) is 15.5 Å². The molecule has 0 aliphatic rings. The number of halogens is 1. The van der Waals surface area contributed by atoms with Gasteiger partial charge >= 0.3 is 0 Å². The first-order valence-electron chi connectivity index (χ1n) is 7.90. The molecule has 0 amide bonds. The maximum absolute atomic E-state index is 12.8. The molecule has 0 atom stereocenters. The van der Waals surface area contributed by atoms with E-state index in [1.165, 1.54) is 12.1 Å². The van der Waals surface area contributed by atoms with Crippen molar-refractivity contribution in [2.45, 2.75) is 19.9 Å². The summed E-state index contributed by atoms with van der Waals surface area (Å²) in [7, 11) is 0. The van der Waals surface area contributed by atoms with Crippen LogP contribution in [0.1, 0.15) is 17.7 Å². The van der Waals surface area contributed by atoms with Crippen LogP contribution in [-0.4, -0.2) is 23.3 Å². The Hall–Kier alpha value is -2.60. The van der Waals surface area contributed by atoms with E-state index in [0.29, 0.717) is 18.9 Å². The van der Waals surface area contributed by atoms with E-state index < -0.39 is 0 Å². The third kappa shape index (κ3) is 4.23. The summed E-state index contributed by atoms with van der Waals surface area (Å²) in [6.45, 7) is 4.00. The number of rotatable bonds is 8. The molecule has 0 aliphatic heterocycles. The topological polar surface area (TPSA) is 63.1 Å². The molecule has 0 aliphatic carbocycles. The van der Waals surface area contributed by atoms with Crippen molar-refractivity contribution in [1.29, 1.82) is 0 Å². The van der Waals surface area contributed by atoms with Crippen molar-refractivity contribution in [2.75, 3.05) is 13.2 Å². The van der Waals surface area contributed by atoms with Crippen molar-refractivity contribution in [3.63, 3.8) is 0 Å². The molecule has 5 nitrogen and oxygen atoms in total. The Kier molecular flexibility index (Phi) is 5.28. The number of aromatic nitrogens is 2. The second-order valence-corrected chi connectivity index (χ2v) is 5.51. The number of hydrogen-bond acceptors (Lipinski definition) is 4. The molecule has 2 heterocycles. The van der Waals surface area contributed by atoms with Gasteiger partial charge in [-0.05, 0) is 56.3 Å². The number of ether oxygens (including phenoxy) is 1. The Balaban J connectivity index is 1.40. The average molecular weight is 329 g/mol. The van der Waals surface area contributed by atoms with Gasteiger partial charge in [0.05, 0.1) is 12.8 Å². The highest BCUT2D eigenvalue weighted by Gasteiger charge is 2.10. The van der Waals surface area contributed by atoms with Gasteiger partial charge in [-0.1, -0.05) is 0 Å². The van der Waals surface area contributed by atoms with Crippen molar-refractivity contribution in [3.8, 4) is 17.2 Å². The fourth-order valence-corrected chi connectivity index (χ4v) is 2.37. The Bertz CT molecular complexity index is 765. The second-order valence-electron chi connectivity index (χ2n) is 5.51. The summed E-state index contributed by atoms with van der Waals surface area (Å²) in [6, 6.07) is 9.91. The molecule has 6 heteroatoms. The molecule has 0 unspecified atom stereocenters. The maximum Gasteiger partial charge on any atom is 0.152 e. The van der Waals surface area contributed by atoms with E-state index in [0.717, 1.165) is 35.7 Å². The Morgan fingerprint density at radius 1 is 1.21 bits per heavy atom. The van der Waals surface area contributed by atoms with Gasteiger partial charge in [-0.25, -0.2) is 4.39 Å². The molecular weight excluding hydrogens is 309 g/mol. The minimum atomic E-state index is -0.258. The molecule has 0 bridgehead atoms. The third-order valence-electron chi connectivity index (χ3n) is 3.60. The van der Waals surface area contributed by atoms with Crippen molar-refractivity contribution in [3.05, 3.63) is 59.7 Å². The van der Waals surface area contributed by atoms with Gasteiger partial charge in [0.25, 0.3) is 0 Å². The lowest BCUT2D eigenvalue weighted by atomic mass is 10.2. The average Bonchev–Trinajstić information content (AvgIpc) is 3.21. The molecule has 24 heavy (non-hydrogen) atoms. The Morgan fingerprint density at radius 2 is 2.04 bits per heavy atom. The lowest BCUT2D eigenvalue weighted by Crippen LogP contribution is -2.17. The van der Waals surface area contributed by atoms with E-state index in [1.54, 1.807) is 18.3 Å². The fraction of sp³-hybridized carbons (Fsp3) is 0.278. The van der Waals surface area contributed by atoms with Crippen LogP contribution in [0.15, 0.2) is 47.0 Å². The highest BCUT2D eigenvalue weighted by Crippen LogP contribution is 2.23. The van der Waals surface area contributed by atoms with E-state index >= 15 is 0 Å². The number of nitrogens with zero attached hydrogens (tertiary/aromatic N) is 1. The quantitative estimate of drug-likeness (QED) is 0.619. The fourth-order valence-electron chi connectivity index (χ4n) is 2.37. The van der Waals surface area contributed by atoms with Crippen molar-refractivity contribution in [2.24, 2.45) is 0 Å². The summed E-state index contributed by atoms with van der Waals surface area (Å²) in [5, 5.41) is 10.4. The monoisotopic (exact) mass is 329 g/mol. The normalized spacial score (nSPS) is 10.9. The van der Waals surface area contributed by atoms with Gasteiger partial charge in [0.1, 0.15) is 23.0 Å². The van der Waals surface area contributed by atoms with Crippen LogP contribution in [0.2, 0.25) is 0 Å². The van der Waals surface area contributed by atoms with Gasteiger partial charge in [0, 0.05) is 12.1 Å². The number of benzene rings is 1. The van der Waals surface area contributed by atoms with Crippen LogP contribution >= 0.6 is 0 Å². The summed E-state index contributed by atoms with van der Waals surface area (Å²) >= 11 is 0. The molecule has 1 aromatic carbocycles. The largest absolute Gasteiger partial charge is 0.494 e. The smallest absolute Gasteiger partial charge is 0.152 e. The molecule has 0 saturated heterocycles. The first-order chi connectivity index (χ1) is 11.7. The molecule has 2 N–H and O–H groups in total. The third-order valence-corrected chi connectivity index (χ3v) is 3.60. The van der Waals surface area contributed by atoms with Crippen molar-refractivity contribution < 1.29 is 13.5 Å². The zero-order chi connectivity index (χ0) is 16.8. The van der Waals surface area contributed by atoms with Crippen LogP contribution in [0.4, 0.5) is 4.39 Å². The van der Waals surface area contributed by atoms with Gasteiger partial charge in [0.2, 0.25) is 0 Å². The van der Waals surface area contributed by atoms with Crippen LogP contribution in [0, 0.1) is 12.7 Å². The van der Waals surface area contributed by atoms with Gasteiger partial charge in [-0.15, -0.1) is 0 Å². The van der Waals surface area contributed by atoms with E-state index in [2.05, 4.69) is 15.5 Å². The highest BCUT2D eigenvalue weighted by molar-refractivity contribution is 5.56. The van der Waals surface area contributed by atoms with Crippen LogP contribution in [-0.2, 0) is 6.54 Å². The van der Waals surface area contributed by atoms with E-state index in [4.69, 9.17) is 9.15 Å². The van der Waals surface area contributed by atoms with Crippen molar-refractivity contribution >= 4 is 0 Å². The Labute approximate surface area is 139 Å². The zero-order valence-electron chi connectivity index (χ0n) is 13.5. The number of hydrogen-bond donors (Lipinski definition) is 2. The summed E-state index contributed by atoms with van der Waals surface area (Å²) in [6.07, 6.45) is 2.65. The maximum atomic E-state index is 12.8. The summed E-state index contributed by atoms with van der Waals surface area (Å²) < 4.78 is 24.0. The minimum Gasteiger partial charge on any atom is -0.494 e. The van der Waals surface area contributed by atoms with Gasteiger partial charge < -0.3 is 14.5 Å². The summed E-state index contributed by atoms with van der Waals surface area (Å²) in [4.78, 5) is 0. The standard InChI is InChI=1S/C18H20FN3O2/c1-13-3-8-17(24-13)18-14(12-21-22-18)11-20-9-2-10-23-16-6-4-15(19)5-7-16/h3-8,12,20H,2,9-11H2,1H3,(H,21,22). The molecule has 2 aromatic heterocycles. The zero-order valence-corrected chi connectivity index (χ0v) is 13.5. The molecule has 0 spiro atoms. The minimum absolute atomic E-state index is 0.258.